The highest BCUT2D eigenvalue weighted by atomic mass is 35.5. The minimum absolute atomic E-state index is 0.162. The van der Waals surface area contributed by atoms with Crippen molar-refractivity contribution in [1.82, 2.24) is 14.9 Å². The summed E-state index contributed by atoms with van der Waals surface area (Å²) in [6.07, 6.45) is 0. The van der Waals surface area contributed by atoms with E-state index in [0.717, 1.165) is 11.3 Å². The first-order chi connectivity index (χ1) is 15.0. The Labute approximate surface area is 189 Å². The average molecular weight is 460 g/mol. The van der Waals surface area contributed by atoms with Crippen molar-refractivity contribution in [2.24, 2.45) is 0 Å². The number of methoxy groups -OCH3 is 1. The van der Waals surface area contributed by atoms with Gasteiger partial charge in [0.05, 0.1) is 24.8 Å². The van der Waals surface area contributed by atoms with Gasteiger partial charge < -0.3 is 20.2 Å². The predicted octanol–water partition coefficient (Wildman–Crippen LogP) is 4.05. The van der Waals surface area contributed by atoms with E-state index in [2.05, 4.69) is 20.9 Å². The summed E-state index contributed by atoms with van der Waals surface area (Å²) < 4.78 is 12.5. The van der Waals surface area contributed by atoms with Crippen LogP contribution in [0.4, 0.5) is 5.69 Å². The zero-order valence-corrected chi connectivity index (χ0v) is 18.8. The standard InChI is InChI=1S/C21H22ClN5O3S/c1-4-30-15-8-6-14(7-9-15)23-20(28)19-18(13-5-10-17(29-3)16(22)11-13)26-27-12(2)24-25-21(27)31-19/h5-11,18-19,26H,4H2,1-3H3,(H,23,28). The van der Waals surface area contributed by atoms with Crippen molar-refractivity contribution in [2.75, 3.05) is 24.5 Å². The lowest BCUT2D eigenvalue weighted by Gasteiger charge is -2.33. The molecule has 10 heteroatoms. The number of hydrogen-bond acceptors (Lipinski definition) is 7. The molecular weight excluding hydrogens is 438 g/mol. The number of carbonyl (C=O) groups excluding carboxylic acids is 1. The minimum atomic E-state index is -0.507. The molecule has 31 heavy (non-hydrogen) atoms. The van der Waals surface area contributed by atoms with Crippen molar-refractivity contribution in [1.29, 1.82) is 0 Å². The summed E-state index contributed by atoms with van der Waals surface area (Å²) in [5, 5.41) is 11.9. The maximum atomic E-state index is 13.3. The highest BCUT2D eigenvalue weighted by Crippen LogP contribution is 2.39. The smallest absolute Gasteiger partial charge is 0.240 e. The fourth-order valence-corrected chi connectivity index (χ4v) is 4.69. The van der Waals surface area contributed by atoms with Gasteiger partial charge in [0, 0.05) is 5.69 Å². The second kappa shape index (κ2) is 9.07. The number of ether oxygens (including phenoxy) is 2. The van der Waals surface area contributed by atoms with Gasteiger partial charge in [-0.1, -0.05) is 29.4 Å². The number of nitrogens with one attached hydrogen (secondary N) is 2. The highest BCUT2D eigenvalue weighted by Gasteiger charge is 2.37. The van der Waals surface area contributed by atoms with E-state index in [9.17, 15) is 4.79 Å². The number of rotatable bonds is 6. The molecular formula is C21H22ClN5O3S. The largest absolute Gasteiger partial charge is 0.495 e. The lowest BCUT2D eigenvalue weighted by atomic mass is 10.0. The molecule has 0 radical (unpaired) electrons. The van der Waals surface area contributed by atoms with Crippen LogP contribution in [0.3, 0.4) is 0 Å². The molecule has 0 saturated heterocycles. The van der Waals surface area contributed by atoms with E-state index >= 15 is 0 Å². The molecule has 0 saturated carbocycles. The van der Waals surface area contributed by atoms with Gasteiger partial charge in [0.2, 0.25) is 11.1 Å². The summed E-state index contributed by atoms with van der Waals surface area (Å²) in [5.74, 6) is 1.87. The summed E-state index contributed by atoms with van der Waals surface area (Å²) >= 11 is 7.70. The number of benzene rings is 2. The van der Waals surface area contributed by atoms with Crippen LogP contribution in [-0.4, -0.2) is 39.7 Å². The van der Waals surface area contributed by atoms with Crippen LogP contribution in [0.2, 0.25) is 5.02 Å². The van der Waals surface area contributed by atoms with Crippen LogP contribution in [0.15, 0.2) is 47.6 Å². The molecule has 2 N–H and O–H groups in total. The third-order valence-corrected chi connectivity index (χ3v) is 6.34. The van der Waals surface area contributed by atoms with E-state index in [1.54, 1.807) is 23.9 Å². The first-order valence-electron chi connectivity index (χ1n) is 9.72. The van der Waals surface area contributed by atoms with Gasteiger partial charge in [-0.15, -0.1) is 10.2 Å². The number of thioether (sulfide) groups is 1. The van der Waals surface area contributed by atoms with Crippen molar-refractivity contribution < 1.29 is 14.3 Å². The van der Waals surface area contributed by atoms with Crippen LogP contribution in [0.5, 0.6) is 11.5 Å². The first kappa shape index (κ1) is 21.3. The van der Waals surface area contributed by atoms with E-state index in [1.165, 1.54) is 11.8 Å². The minimum Gasteiger partial charge on any atom is -0.495 e. The van der Waals surface area contributed by atoms with Gasteiger partial charge in [-0.25, -0.2) is 4.68 Å². The molecule has 0 bridgehead atoms. The number of aromatic nitrogens is 3. The lowest BCUT2D eigenvalue weighted by Crippen LogP contribution is -2.41. The van der Waals surface area contributed by atoms with Gasteiger partial charge in [0.1, 0.15) is 22.6 Å². The topological polar surface area (TPSA) is 90.3 Å². The van der Waals surface area contributed by atoms with Gasteiger partial charge in [-0.3, -0.25) is 4.79 Å². The van der Waals surface area contributed by atoms with Crippen molar-refractivity contribution in [2.45, 2.75) is 30.3 Å². The Bertz CT molecular complexity index is 1090. The van der Waals surface area contributed by atoms with Crippen LogP contribution in [0.1, 0.15) is 24.4 Å². The van der Waals surface area contributed by atoms with Crippen LogP contribution >= 0.6 is 23.4 Å². The van der Waals surface area contributed by atoms with Gasteiger partial charge >= 0.3 is 0 Å². The van der Waals surface area contributed by atoms with Gasteiger partial charge in [-0.05, 0) is 55.8 Å². The van der Waals surface area contributed by atoms with Gasteiger partial charge in [0.25, 0.3) is 0 Å². The molecule has 2 unspecified atom stereocenters. The highest BCUT2D eigenvalue weighted by molar-refractivity contribution is 8.00. The number of amides is 1. The molecule has 2 atom stereocenters. The van der Waals surface area contributed by atoms with Gasteiger partial charge in [0.15, 0.2) is 0 Å². The monoisotopic (exact) mass is 459 g/mol. The molecule has 2 aromatic carbocycles. The molecule has 1 aromatic heterocycles. The van der Waals surface area contributed by atoms with E-state index in [-0.39, 0.29) is 11.9 Å². The summed E-state index contributed by atoms with van der Waals surface area (Å²) in [5.41, 5.74) is 4.89. The fraction of sp³-hybridized carbons (Fsp3) is 0.286. The molecule has 1 aliphatic heterocycles. The Morgan fingerprint density at radius 2 is 2.03 bits per heavy atom. The zero-order chi connectivity index (χ0) is 22.0. The molecule has 162 valence electrons. The molecule has 1 aliphatic rings. The van der Waals surface area contributed by atoms with Crippen LogP contribution < -0.4 is 20.2 Å². The summed E-state index contributed by atoms with van der Waals surface area (Å²) in [6, 6.07) is 12.4. The average Bonchev–Trinajstić information content (AvgIpc) is 3.14. The molecule has 0 fully saturated rings. The quantitative estimate of drug-likeness (QED) is 0.574. The number of halogens is 1. The number of nitrogens with zero attached hydrogens (tertiary/aromatic N) is 3. The van der Waals surface area contributed by atoms with Crippen molar-refractivity contribution in [3.05, 3.63) is 58.9 Å². The predicted molar refractivity (Wildman–Crippen MR) is 121 cm³/mol. The Balaban J connectivity index is 1.62. The van der Waals surface area contributed by atoms with Crippen LogP contribution in [-0.2, 0) is 4.79 Å². The van der Waals surface area contributed by atoms with Crippen molar-refractivity contribution >= 4 is 35.0 Å². The lowest BCUT2D eigenvalue weighted by molar-refractivity contribution is -0.116. The summed E-state index contributed by atoms with van der Waals surface area (Å²) in [6.45, 7) is 4.36. The fourth-order valence-electron chi connectivity index (χ4n) is 3.30. The summed E-state index contributed by atoms with van der Waals surface area (Å²) in [7, 11) is 1.56. The second-order valence-electron chi connectivity index (χ2n) is 6.85. The number of hydrogen-bond donors (Lipinski definition) is 2. The normalized spacial score (nSPS) is 17.4. The molecule has 0 aliphatic carbocycles. The Morgan fingerprint density at radius 1 is 1.26 bits per heavy atom. The summed E-state index contributed by atoms with van der Waals surface area (Å²) in [4.78, 5) is 13.3. The number of carbonyl (C=O) groups is 1. The molecule has 8 nitrogen and oxygen atoms in total. The van der Waals surface area contributed by atoms with Crippen molar-refractivity contribution in [3.8, 4) is 11.5 Å². The first-order valence-corrected chi connectivity index (χ1v) is 11.0. The Hall–Kier alpha value is -2.91. The zero-order valence-electron chi connectivity index (χ0n) is 17.3. The molecule has 3 aromatic rings. The maximum absolute atomic E-state index is 13.3. The van der Waals surface area contributed by atoms with Gasteiger partial charge in [-0.2, -0.15) is 0 Å². The molecule has 2 heterocycles. The third-order valence-electron chi connectivity index (χ3n) is 4.82. The number of anilines is 1. The maximum Gasteiger partial charge on any atom is 0.240 e. The van der Waals surface area contributed by atoms with Crippen LogP contribution in [0, 0.1) is 6.92 Å². The third kappa shape index (κ3) is 4.42. The van der Waals surface area contributed by atoms with Crippen molar-refractivity contribution in [3.63, 3.8) is 0 Å². The van der Waals surface area contributed by atoms with E-state index in [4.69, 9.17) is 21.1 Å². The number of fused-ring (bicyclic) bond motifs is 1. The van der Waals surface area contributed by atoms with E-state index in [1.807, 2.05) is 44.2 Å². The molecule has 4 rings (SSSR count). The molecule has 0 spiro atoms. The Morgan fingerprint density at radius 3 is 2.71 bits per heavy atom. The Kier molecular flexibility index (Phi) is 6.24. The van der Waals surface area contributed by atoms with E-state index in [0.29, 0.717) is 34.0 Å². The van der Waals surface area contributed by atoms with Crippen LogP contribution in [0.25, 0.3) is 0 Å². The second-order valence-corrected chi connectivity index (χ2v) is 8.37. The van der Waals surface area contributed by atoms with E-state index < -0.39 is 5.25 Å². The number of aryl methyl sites for hydroxylation is 1. The SMILES string of the molecule is CCOc1ccc(NC(=O)C2Sc3nnc(C)n3NC2c2ccc(OC)c(Cl)c2)cc1. The molecule has 1 amide bonds.